The van der Waals surface area contributed by atoms with Crippen molar-refractivity contribution in [2.24, 2.45) is 0 Å². The molecular formula is C22H27N3O3S. The number of esters is 1. The van der Waals surface area contributed by atoms with Crippen LogP contribution in [0.5, 0.6) is 0 Å². The number of thiophene rings is 1. The first-order valence-electron chi connectivity index (χ1n) is 9.84. The molecule has 1 atom stereocenters. The lowest BCUT2D eigenvalue weighted by molar-refractivity contribution is -0.137. The Kier molecular flexibility index (Phi) is 7.43. The summed E-state index contributed by atoms with van der Waals surface area (Å²) in [6, 6.07) is 9.52. The van der Waals surface area contributed by atoms with Gasteiger partial charge in [-0.3, -0.25) is 4.90 Å². The molecule has 1 aromatic carbocycles. The second-order valence-electron chi connectivity index (χ2n) is 6.98. The Morgan fingerprint density at radius 3 is 2.83 bits per heavy atom. The lowest BCUT2D eigenvalue weighted by atomic mass is 10.1. The Morgan fingerprint density at radius 1 is 1.28 bits per heavy atom. The van der Waals surface area contributed by atoms with Gasteiger partial charge in [-0.25, -0.2) is 9.59 Å². The predicted molar refractivity (Wildman–Crippen MR) is 117 cm³/mol. The van der Waals surface area contributed by atoms with Gasteiger partial charge in [-0.1, -0.05) is 12.1 Å². The van der Waals surface area contributed by atoms with E-state index in [0.717, 1.165) is 25.1 Å². The molecule has 2 aromatic rings. The third-order valence-electron chi connectivity index (χ3n) is 4.89. The van der Waals surface area contributed by atoms with E-state index >= 15 is 0 Å². The Balaban J connectivity index is 1.43. The fourth-order valence-electron chi connectivity index (χ4n) is 3.22. The topological polar surface area (TPSA) is 70.7 Å². The van der Waals surface area contributed by atoms with Gasteiger partial charge in [-0.2, -0.15) is 0 Å². The Morgan fingerprint density at radius 2 is 2.07 bits per heavy atom. The van der Waals surface area contributed by atoms with Gasteiger partial charge in [0.2, 0.25) is 0 Å². The van der Waals surface area contributed by atoms with Crippen LogP contribution >= 0.6 is 11.3 Å². The fraction of sp³-hybridized carbons (Fsp3) is 0.364. The van der Waals surface area contributed by atoms with E-state index in [0.29, 0.717) is 18.8 Å². The first kappa shape index (κ1) is 21.1. The molecule has 3 rings (SSSR count). The summed E-state index contributed by atoms with van der Waals surface area (Å²) >= 11 is 1.83. The maximum atomic E-state index is 12.2. The number of fused-ring (bicyclic) bond motifs is 1. The molecule has 1 aliphatic heterocycles. The van der Waals surface area contributed by atoms with Gasteiger partial charge in [0.15, 0.2) is 0 Å². The van der Waals surface area contributed by atoms with Crippen molar-refractivity contribution in [1.82, 2.24) is 10.2 Å². The number of amides is 2. The van der Waals surface area contributed by atoms with Crippen LogP contribution in [-0.4, -0.2) is 42.6 Å². The summed E-state index contributed by atoms with van der Waals surface area (Å²) in [5, 5.41) is 7.95. The van der Waals surface area contributed by atoms with Crippen LogP contribution in [0.15, 0.2) is 41.8 Å². The lowest BCUT2D eigenvalue weighted by Crippen LogP contribution is -2.45. The summed E-state index contributed by atoms with van der Waals surface area (Å²) in [5.41, 5.74) is 2.97. The van der Waals surface area contributed by atoms with Gasteiger partial charge in [-0.15, -0.1) is 11.3 Å². The highest BCUT2D eigenvalue weighted by Gasteiger charge is 2.21. The van der Waals surface area contributed by atoms with Crippen molar-refractivity contribution >= 4 is 35.1 Å². The quantitative estimate of drug-likeness (QED) is 0.534. The number of rotatable bonds is 7. The van der Waals surface area contributed by atoms with Gasteiger partial charge in [0.25, 0.3) is 0 Å². The minimum atomic E-state index is -0.368. The zero-order chi connectivity index (χ0) is 20.6. The number of nitrogens with zero attached hydrogens (tertiary/aromatic N) is 1. The Labute approximate surface area is 175 Å². The lowest BCUT2D eigenvalue weighted by Gasteiger charge is -2.32. The van der Waals surface area contributed by atoms with Crippen LogP contribution < -0.4 is 10.6 Å². The van der Waals surface area contributed by atoms with Crippen LogP contribution in [0.3, 0.4) is 0 Å². The Hall–Kier alpha value is -2.64. The molecule has 6 nitrogen and oxygen atoms in total. The van der Waals surface area contributed by atoms with Crippen molar-refractivity contribution in [3.63, 3.8) is 0 Å². The molecule has 2 heterocycles. The van der Waals surface area contributed by atoms with E-state index < -0.39 is 0 Å². The molecule has 0 unspecified atom stereocenters. The molecule has 0 bridgehead atoms. The summed E-state index contributed by atoms with van der Waals surface area (Å²) in [6.07, 6.45) is 4.15. The summed E-state index contributed by atoms with van der Waals surface area (Å²) in [4.78, 5) is 27.4. The highest BCUT2D eigenvalue weighted by Crippen LogP contribution is 2.25. The molecule has 1 aliphatic rings. The van der Waals surface area contributed by atoms with E-state index in [4.69, 9.17) is 4.74 Å². The van der Waals surface area contributed by atoms with Crippen molar-refractivity contribution in [3.05, 3.63) is 57.8 Å². The number of hydrogen-bond donors (Lipinski definition) is 2. The maximum Gasteiger partial charge on any atom is 0.330 e. The maximum absolute atomic E-state index is 12.2. The minimum Gasteiger partial charge on any atom is -0.463 e. The SMILES string of the molecule is CCOC(=O)/C=C\c1ccc(NC(=O)NC[C@@H](C)N2CCc3sccc3C2)cc1. The van der Waals surface area contributed by atoms with E-state index in [1.54, 1.807) is 25.1 Å². The zero-order valence-corrected chi connectivity index (χ0v) is 17.6. The number of ether oxygens (including phenoxy) is 1. The first-order valence-corrected chi connectivity index (χ1v) is 10.7. The highest BCUT2D eigenvalue weighted by molar-refractivity contribution is 7.10. The van der Waals surface area contributed by atoms with E-state index in [1.807, 2.05) is 23.5 Å². The third kappa shape index (κ3) is 6.17. The summed E-state index contributed by atoms with van der Waals surface area (Å²) < 4.78 is 4.85. The van der Waals surface area contributed by atoms with Crippen LogP contribution in [0.2, 0.25) is 0 Å². The van der Waals surface area contributed by atoms with Crippen LogP contribution in [0, 0.1) is 0 Å². The summed E-state index contributed by atoms with van der Waals surface area (Å²) in [6.45, 7) is 6.83. The molecule has 29 heavy (non-hydrogen) atoms. The van der Waals surface area contributed by atoms with Gasteiger partial charge >= 0.3 is 12.0 Å². The molecule has 0 aliphatic carbocycles. The molecule has 0 spiro atoms. The predicted octanol–water partition coefficient (Wildman–Crippen LogP) is 3.89. The van der Waals surface area contributed by atoms with E-state index in [1.165, 1.54) is 16.5 Å². The average molecular weight is 414 g/mol. The number of urea groups is 1. The van der Waals surface area contributed by atoms with Crippen LogP contribution in [0.25, 0.3) is 6.08 Å². The molecule has 0 radical (unpaired) electrons. The molecule has 7 heteroatoms. The molecule has 154 valence electrons. The van der Waals surface area contributed by atoms with E-state index in [9.17, 15) is 9.59 Å². The summed E-state index contributed by atoms with van der Waals surface area (Å²) in [7, 11) is 0. The Bertz CT molecular complexity index is 860. The molecular weight excluding hydrogens is 386 g/mol. The van der Waals surface area contributed by atoms with E-state index in [2.05, 4.69) is 33.9 Å². The van der Waals surface area contributed by atoms with Crippen molar-refractivity contribution < 1.29 is 14.3 Å². The highest BCUT2D eigenvalue weighted by atomic mass is 32.1. The fourth-order valence-corrected chi connectivity index (χ4v) is 4.11. The van der Waals surface area contributed by atoms with Crippen molar-refractivity contribution in [2.45, 2.75) is 32.9 Å². The number of nitrogens with one attached hydrogen (secondary N) is 2. The molecule has 0 saturated carbocycles. The number of carbonyl (C=O) groups is 2. The molecule has 2 amide bonds. The van der Waals surface area contributed by atoms with Crippen molar-refractivity contribution in [2.75, 3.05) is 25.0 Å². The molecule has 2 N–H and O–H groups in total. The average Bonchev–Trinajstić information content (AvgIpc) is 3.19. The van der Waals surface area contributed by atoms with Gasteiger partial charge in [0.05, 0.1) is 6.61 Å². The largest absolute Gasteiger partial charge is 0.463 e. The number of carbonyl (C=O) groups excluding carboxylic acids is 2. The van der Waals surface area contributed by atoms with E-state index in [-0.39, 0.29) is 18.0 Å². The molecule has 0 fully saturated rings. The smallest absolute Gasteiger partial charge is 0.330 e. The standard InChI is InChI=1S/C22H27N3O3S/c1-3-28-21(26)9-6-17-4-7-19(8-5-17)24-22(27)23-14-16(2)25-12-10-20-18(15-25)11-13-29-20/h4-9,11,13,16H,3,10,12,14-15H2,1-2H3,(H2,23,24,27)/b9-6-/t16-/m1/s1. The van der Waals surface area contributed by atoms with Gasteiger partial charge in [0, 0.05) is 42.3 Å². The number of hydrogen-bond acceptors (Lipinski definition) is 5. The first-order chi connectivity index (χ1) is 14.0. The summed E-state index contributed by atoms with van der Waals surface area (Å²) in [5.74, 6) is -0.368. The van der Waals surface area contributed by atoms with Crippen LogP contribution in [-0.2, 0) is 22.5 Å². The molecule has 0 saturated heterocycles. The van der Waals surface area contributed by atoms with Crippen LogP contribution in [0.4, 0.5) is 10.5 Å². The van der Waals surface area contributed by atoms with Gasteiger partial charge in [0.1, 0.15) is 0 Å². The van der Waals surface area contributed by atoms with Crippen molar-refractivity contribution in [1.29, 1.82) is 0 Å². The minimum absolute atomic E-state index is 0.222. The second kappa shape index (κ2) is 10.2. The molecule has 1 aromatic heterocycles. The normalized spacial score (nSPS) is 15.0. The number of anilines is 1. The van der Waals surface area contributed by atoms with Gasteiger partial charge in [-0.05, 0) is 61.1 Å². The van der Waals surface area contributed by atoms with Crippen LogP contribution in [0.1, 0.15) is 29.9 Å². The monoisotopic (exact) mass is 413 g/mol. The zero-order valence-electron chi connectivity index (χ0n) is 16.8. The third-order valence-corrected chi connectivity index (χ3v) is 5.91. The number of benzene rings is 1. The van der Waals surface area contributed by atoms with Gasteiger partial charge < -0.3 is 15.4 Å². The second-order valence-corrected chi connectivity index (χ2v) is 7.98. The van der Waals surface area contributed by atoms with Crippen molar-refractivity contribution in [3.8, 4) is 0 Å².